The lowest BCUT2D eigenvalue weighted by molar-refractivity contribution is -0.120. The monoisotopic (exact) mass is 454 g/mol. The van der Waals surface area contributed by atoms with E-state index >= 15 is 0 Å². The summed E-state index contributed by atoms with van der Waals surface area (Å²) in [5.74, 6) is -0.855. The van der Waals surface area contributed by atoms with Gasteiger partial charge in [0.05, 0.1) is 15.2 Å². The minimum atomic E-state index is -0.362. The summed E-state index contributed by atoms with van der Waals surface area (Å²) in [5.41, 5.74) is 0.497. The number of thiophene rings is 1. The fraction of sp³-hybridized carbons (Fsp3) is 0.368. The van der Waals surface area contributed by atoms with E-state index in [-0.39, 0.29) is 29.6 Å². The van der Waals surface area contributed by atoms with E-state index in [2.05, 4.69) is 26.6 Å². The molecule has 0 unspecified atom stereocenters. The molecule has 2 N–H and O–H groups in total. The van der Waals surface area contributed by atoms with Crippen molar-refractivity contribution in [3.8, 4) is 0 Å². The van der Waals surface area contributed by atoms with Gasteiger partial charge in [-0.15, -0.1) is 11.3 Å². The lowest BCUT2D eigenvalue weighted by Crippen LogP contribution is -2.47. The molecule has 2 heterocycles. The van der Waals surface area contributed by atoms with Gasteiger partial charge >= 0.3 is 0 Å². The van der Waals surface area contributed by atoms with Gasteiger partial charge in [-0.3, -0.25) is 9.59 Å². The molecule has 0 saturated carbocycles. The molecule has 1 aliphatic rings. The maximum absolute atomic E-state index is 13.7. The van der Waals surface area contributed by atoms with E-state index < -0.39 is 0 Å². The molecule has 3 rings (SSSR count). The van der Waals surface area contributed by atoms with Crippen LogP contribution in [0.2, 0.25) is 0 Å². The molecule has 8 heteroatoms. The van der Waals surface area contributed by atoms with Crippen LogP contribution in [0.25, 0.3) is 0 Å². The third kappa shape index (κ3) is 5.15. The van der Waals surface area contributed by atoms with Crippen molar-refractivity contribution in [2.24, 2.45) is 0 Å². The molecular formula is C19H20BrFN2O3S. The SMILES string of the molecule is O=C(CNC(=O)c1ccc(Br)s1)NCC1(c2cccc(F)c2)CCOCC1. The Morgan fingerprint density at radius 2 is 1.96 bits per heavy atom. The maximum atomic E-state index is 13.7. The average Bonchev–Trinajstić information content (AvgIpc) is 3.12. The summed E-state index contributed by atoms with van der Waals surface area (Å²) in [6.45, 7) is 1.40. The van der Waals surface area contributed by atoms with Crippen LogP contribution >= 0.6 is 27.3 Å². The normalized spacial score (nSPS) is 15.9. The minimum absolute atomic E-state index is 0.107. The van der Waals surface area contributed by atoms with E-state index in [9.17, 15) is 14.0 Å². The molecule has 2 aromatic rings. The number of halogens is 2. The Bertz CT molecular complexity index is 821. The Morgan fingerprint density at radius 1 is 1.19 bits per heavy atom. The molecule has 1 aromatic carbocycles. The second-order valence-corrected chi connectivity index (χ2v) is 8.93. The number of hydrogen-bond acceptors (Lipinski definition) is 4. The third-order valence-corrected chi connectivity index (χ3v) is 6.34. The van der Waals surface area contributed by atoms with Gasteiger partial charge in [0, 0.05) is 25.2 Å². The second-order valence-electron chi connectivity index (χ2n) is 6.47. The highest BCUT2D eigenvalue weighted by Gasteiger charge is 2.35. The van der Waals surface area contributed by atoms with Crippen LogP contribution in [-0.2, 0) is 14.9 Å². The quantitative estimate of drug-likeness (QED) is 0.703. The maximum Gasteiger partial charge on any atom is 0.261 e. The Hall–Kier alpha value is -1.77. The first-order chi connectivity index (χ1) is 13.0. The molecule has 0 radical (unpaired) electrons. The molecule has 1 aliphatic heterocycles. The zero-order valence-corrected chi connectivity index (χ0v) is 17.0. The zero-order valence-electron chi connectivity index (χ0n) is 14.6. The summed E-state index contributed by atoms with van der Waals surface area (Å²) >= 11 is 4.61. The Kier molecular flexibility index (Phi) is 6.62. The number of benzene rings is 1. The molecule has 2 amide bonds. The Morgan fingerprint density at radius 3 is 2.63 bits per heavy atom. The van der Waals surface area contributed by atoms with Gasteiger partial charge in [-0.05, 0) is 58.6 Å². The van der Waals surface area contributed by atoms with Gasteiger partial charge in [0.2, 0.25) is 5.91 Å². The van der Waals surface area contributed by atoms with Gasteiger partial charge in [-0.1, -0.05) is 12.1 Å². The molecule has 0 atom stereocenters. The first kappa shape index (κ1) is 20.0. The van der Waals surface area contributed by atoms with Crippen LogP contribution in [0.15, 0.2) is 40.2 Å². The molecule has 0 spiro atoms. The van der Waals surface area contributed by atoms with Gasteiger partial charge in [0.25, 0.3) is 5.91 Å². The fourth-order valence-corrected chi connectivity index (χ4v) is 4.46. The van der Waals surface area contributed by atoms with E-state index in [1.807, 2.05) is 6.07 Å². The van der Waals surface area contributed by atoms with Crippen molar-refractivity contribution in [2.45, 2.75) is 18.3 Å². The van der Waals surface area contributed by atoms with Gasteiger partial charge in [-0.2, -0.15) is 0 Å². The minimum Gasteiger partial charge on any atom is -0.381 e. The van der Waals surface area contributed by atoms with Crippen LogP contribution in [0.4, 0.5) is 4.39 Å². The fourth-order valence-electron chi connectivity index (χ4n) is 3.16. The van der Waals surface area contributed by atoms with Crippen molar-refractivity contribution in [1.82, 2.24) is 10.6 Å². The summed E-state index contributed by atoms with van der Waals surface area (Å²) in [5, 5.41) is 5.50. The van der Waals surface area contributed by atoms with Crippen LogP contribution in [0.3, 0.4) is 0 Å². The van der Waals surface area contributed by atoms with E-state index in [0.29, 0.717) is 37.5 Å². The van der Waals surface area contributed by atoms with Crippen molar-refractivity contribution in [3.05, 3.63) is 56.4 Å². The highest BCUT2D eigenvalue weighted by molar-refractivity contribution is 9.11. The van der Waals surface area contributed by atoms with Crippen molar-refractivity contribution < 1.29 is 18.7 Å². The number of amides is 2. The lowest BCUT2D eigenvalue weighted by Gasteiger charge is -2.38. The molecule has 144 valence electrons. The molecule has 27 heavy (non-hydrogen) atoms. The molecule has 1 fully saturated rings. The van der Waals surface area contributed by atoms with E-state index in [4.69, 9.17) is 4.74 Å². The summed E-state index contributed by atoms with van der Waals surface area (Å²) in [4.78, 5) is 24.8. The van der Waals surface area contributed by atoms with Crippen molar-refractivity contribution in [2.75, 3.05) is 26.3 Å². The second kappa shape index (κ2) is 8.95. The zero-order chi connectivity index (χ0) is 19.3. The number of rotatable bonds is 6. The highest BCUT2D eigenvalue weighted by atomic mass is 79.9. The number of hydrogen-bond donors (Lipinski definition) is 2. The lowest BCUT2D eigenvalue weighted by atomic mass is 9.74. The number of carbonyl (C=O) groups excluding carboxylic acids is 2. The van der Waals surface area contributed by atoms with Gasteiger partial charge in [0.1, 0.15) is 5.82 Å². The van der Waals surface area contributed by atoms with E-state index in [1.54, 1.807) is 18.2 Å². The van der Waals surface area contributed by atoms with E-state index in [0.717, 1.165) is 9.35 Å². The van der Waals surface area contributed by atoms with Crippen molar-refractivity contribution in [1.29, 1.82) is 0 Å². The summed E-state index contributed by atoms with van der Waals surface area (Å²) in [7, 11) is 0. The number of ether oxygens (including phenoxy) is 1. The predicted octanol–water partition coefficient (Wildman–Crippen LogP) is 3.24. The third-order valence-electron chi connectivity index (χ3n) is 4.72. The summed E-state index contributed by atoms with van der Waals surface area (Å²) in [6.07, 6.45) is 1.40. The first-order valence-corrected chi connectivity index (χ1v) is 10.2. The van der Waals surface area contributed by atoms with Gasteiger partial charge < -0.3 is 15.4 Å². The van der Waals surface area contributed by atoms with Crippen LogP contribution in [-0.4, -0.2) is 38.1 Å². The molecule has 1 aromatic heterocycles. The van der Waals surface area contributed by atoms with Crippen LogP contribution in [0, 0.1) is 5.82 Å². The van der Waals surface area contributed by atoms with Crippen molar-refractivity contribution in [3.63, 3.8) is 0 Å². The first-order valence-electron chi connectivity index (χ1n) is 8.63. The topological polar surface area (TPSA) is 67.4 Å². The summed E-state index contributed by atoms with van der Waals surface area (Å²) in [6, 6.07) is 9.98. The van der Waals surface area contributed by atoms with Crippen LogP contribution < -0.4 is 10.6 Å². The predicted molar refractivity (Wildman–Crippen MR) is 105 cm³/mol. The Balaban J connectivity index is 1.58. The molecular weight excluding hydrogens is 435 g/mol. The summed E-state index contributed by atoms with van der Waals surface area (Å²) < 4.78 is 20.0. The smallest absolute Gasteiger partial charge is 0.261 e. The molecule has 1 saturated heterocycles. The average molecular weight is 455 g/mol. The Labute approximate surface area is 169 Å². The van der Waals surface area contributed by atoms with Crippen LogP contribution in [0.5, 0.6) is 0 Å². The van der Waals surface area contributed by atoms with E-state index in [1.165, 1.54) is 23.5 Å². The molecule has 0 aliphatic carbocycles. The molecule has 5 nitrogen and oxygen atoms in total. The number of carbonyl (C=O) groups is 2. The largest absolute Gasteiger partial charge is 0.381 e. The molecule has 0 bridgehead atoms. The van der Waals surface area contributed by atoms with Gasteiger partial charge in [-0.25, -0.2) is 4.39 Å². The van der Waals surface area contributed by atoms with Crippen molar-refractivity contribution >= 4 is 39.1 Å². The number of nitrogens with one attached hydrogen (secondary N) is 2. The highest BCUT2D eigenvalue weighted by Crippen LogP contribution is 2.34. The van der Waals surface area contributed by atoms with Gasteiger partial charge in [0.15, 0.2) is 0 Å². The van der Waals surface area contributed by atoms with Crippen LogP contribution in [0.1, 0.15) is 28.1 Å². The standard InChI is InChI=1S/C19H20BrFN2O3S/c20-16-5-4-15(27-16)18(25)22-11-17(24)23-12-19(6-8-26-9-7-19)13-2-1-3-14(21)10-13/h1-5,10H,6-9,11-12H2,(H,22,25)(H,23,24).